The summed E-state index contributed by atoms with van der Waals surface area (Å²) in [6.45, 7) is 0. The highest BCUT2D eigenvalue weighted by molar-refractivity contribution is 14.1. The fourth-order valence-corrected chi connectivity index (χ4v) is 2.51. The number of hydrogen-bond donors (Lipinski definition) is 0. The van der Waals surface area contributed by atoms with Gasteiger partial charge in [0.05, 0.1) is 23.2 Å². The van der Waals surface area contributed by atoms with E-state index < -0.39 is 10.9 Å². The molecule has 0 amide bonds. The monoisotopic (exact) mass is 409 g/mol. The van der Waals surface area contributed by atoms with Crippen LogP contribution in [-0.4, -0.2) is 18.0 Å². The topological polar surface area (TPSA) is 69.4 Å². The lowest BCUT2D eigenvalue weighted by Gasteiger charge is -2.06. The molecule has 2 rings (SSSR count). The number of ether oxygens (including phenoxy) is 1. The van der Waals surface area contributed by atoms with Crippen LogP contribution in [-0.2, 0) is 4.74 Å². The second-order valence-corrected chi connectivity index (χ2v) is 5.51. The molecule has 0 aliphatic rings. The molecular formula is C16H12INO4. The zero-order chi connectivity index (χ0) is 16.1. The number of halogens is 1. The molecule has 0 atom stereocenters. The molecule has 6 heteroatoms. The van der Waals surface area contributed by atoms with Crippen LogP contribution in [0, 0.1) is 13.7 Å². The predicted octanol–water partition coefficient (Wildman–Crippen LogP) is 3.85. The highest BCUT2D eigenvalue weighted by Gasteiger charge is 2.22. The molecule has 5 nitrogen and oxygen atoms in total. The van der Waals surface area contributed by atoms with E-state index in [9.17, 15) is 14.9 Å². The van der Waals surface area contributed by atoms with E-state index >= 15 is 0 Å². The SMILES string of the molecule is COC(=O)c1ccccc1C(=Cc1ccccc1I)[N+](=O)[O-]. The van der Waals surface area contributed by atoms with Gasteiger partial charge in [0.1, 0.15) is 0 Å². The summed E-state index contributed by atoms with van der Waals surface area (Å²) in [6, 6.07) is 13.6. The lowest BCUT2D eigenvalue weighted by atomic mass is 10.0. The Bertz CT molecular complexity index is 755. The molecule has 0 saturated carbocycles. The number of rotatable bonds is 4. The number of carbonyl (C=O) groups excluding carboxylic acids is 1. The molecule has 0 unspecified atom stereocenters. The van der Waals surface area contributed by atoms with Crippen molar-refractivity contribution < 1.29 is 14.5 Å². The second-order valence-electron chi connectivity index (χ2n) is 4.35. The van der Waals surface area contributed by atoms with Crippen molar-refractivity contribution in [3.63, 3.8) is 0 Å². The predicted molar refractivity (Wildman–Crippen MR) is 91.8 cm³/mol. The molecule has 112 valence electrons. The summed E-state index contributed by atoms with van der Waals surface area (Å²) in [7, 11) is 1.24. The maximum absolute atomic E-state index is 11.8. The van der Waals surface area contributed by atoms with Gasteiger partial charge in [-0.3, -0.25) is 10.1 Å². The van der Waals surface area contributed by atoms with Crippen LogP contribution in [0.4, 0.5) is 0 Å². The van der Waals surface area contributed by atoms with Crippen LogP contribution >= 0.6 is 22.6 Å². The molecule has 0 aromatic heterocycles. The first-order chi connectivity index (χ1) is 10.5. The van der Waals surface area contributed by atoms with Crippen LogP contribution in [0.1, 0.15) is 21.5 Å². The van der Waals surface area contributed by atoms with Gasteiger partial charge in [0.2, 0.25) is 0 Å². The third-order valence-corrected chi connectivity index (χ3v) is 3.98. The lowest BCUT2D eigenvalue weighted by Crippen LogP contribution is -2.08. The third-order valence-electron chi connectivity index (χ3n) is 3.00. The van der Waals surface area contributed by atoms with Crippen LogP contribution in [0.25, 0.3) is 11.8 Å². The van der Waals surface area contributed by atoms with E-state index in [0.29, 0.717) is 0 Å². The molecule has 0 N–H and O–H groups in total. The molecule has 0 saturated heterocycles. The molecule has 0 bridgehead atoms. The molecule has 0 fully saturated rings. The van der Waals surface area contributed by atoms with Crippen LogP contribution < -0.4 is 0 Å². The molecule has 0 aliphatic heterocycles. The fourth-order valence-electron chi connectivity index (χ4n) is 1.96. The van der Waals surface area contributed by atoms with E-state index in [2.05, 4.69) is 22.6 Å². The van der Waals surface area contributed by atoms with Crippen molar-refractivity contribution >= 4 is 40.3 Å². The van der Waals surface area contributed by atoms with Gasteiger partial charge in [0.15, 0.2) is 0 Å². The number of methoxy groups -OCH3 is 1. The van der Waals surface area contributed by atoms with E-state index in [0.717, 1.165) is 9.13 Å². The van der Waals surface area contributed by atoms with Gasteiger partial charge in [-0.2, -0.15) is 0 Å². The molecule has 2 aromatic carbocycles. The van der Waals surface area contributed by atoms with Gasteiger partial charge in [-0.25, -0.2) is 4.79 Å². The minimum atomic E-state index is -0.605. The average molecular weight is 409 g/mol. The van der Waals surface area contributed by atoms with Crippen molar-refractivity contribution in [2.24, 2.45) is 0 Å². The number of nitrogens with zero attached hydrogens (tertiary/aromatic N) is 1. The number of hydrogen-bond acceptors (Lipinski definition) is 4. The van der Waals surface area contributed by atoms with E-state index in [1.54, 1.807) is 24.3 Å². The van der Waals surface area contributed by atoms with Gasteiger partial charge in [0, 0.05) is 9.65 Å². The molecule has 0 radical (unpaired) electrons. The smallest absolute Gasteiger partial charge is 0.338 e. The van der Waals surface area contributed by atoms with Crippen molar-refractivity contribution in [2.45, 2.75) is 0 Å². The maximum Gasteiger partial charge on any atom is 0.338 e. The van der Waals surface area contributed by atoms with Crippen molar-refractivity contribution in [1.29, 1.82) is 0 Å². The fraction of sp³-hybridized carbons (Fsp3) is 0.0625. The first-order valence-electron chi connectivity index (χ1n) is 6.33. The molecule has 0 heterocycles. The average Bonchev–Trinajstić information content (AvgIpc) is 2.53. The van der Waals surface area contributed by atoms with Gasteiger partial charge in [-0.1, -0.05) is 30.3 Å². The van der Waals surface area contributed by atoms with E-state index in [-0.39, 0.29) is 16.8 Å². The van der Waals surface area contributed by atoms with Crippen LogP contribution in [0.3, 0.4) is 0 Å². The summed E-state index contributed by atoms with van der Waals surface area (Å²) in [5.41, 5.74) is 0.970. The Morgan fingerprint density at radius 1 is 1.14 bits per heavy atom. The zero-order valence-corrected chi connectivity index (χ0v) is 13.8. The maximum atomic E-state index is 11.8. The van der Waals surface area contributed by atoms with Gasteiger partial charge in [0.25, 0.3) is 5.70 Å². The summed E-state index contributed by atoms with van der Waals surface area (Å²) < 4.78 is 5.57. The molecule has 2 aromatic rings. The first kappa shape index (κ1) is 16.2. The Labute approximate surface area is 140 Å². The zero-order valence-electron chi connectivity index (χ0n) is 11.7. The van der Waals surface area contributed by atoms with Gasteiger partial charge in [-0.15, -0.1) is 0 Å². The van der Waals surface area contributed by atoms with Crippen LogP contribution in [0.5, 0.6) is 0 Å². The first-order valence-corrected chi connectivity index (χ1v) is 7.41. The largest absolute Gasteiger partial charge is 0.465 e. The molecular weight excluding hydrogens is 397 g/mol. The third kappa shape index (κ3) is 3.51. The van der Waals surface area contributed by atoms with E-state index in [1.165, 1.54) is 25.3 Å². The Morgan fingerprint density at radius 3 is 2.32 bits per heavy atom. The molecule has 0 spiro atoms. The van der Waals surface area contributed by atoms with Crippen molar-refractivity contribution in [3.8, 4) is 0 Å². The van der Waals surface area contributed by atoms with Gasteiger partial charge in [-0.05, 0) is 46.4 Å². The summed E-state index contributed by atoms with van der Waals surface area (Å²) >= 11 is 2.11. The van der Waals surface area contributed by atoms with Gasteiger partial charge >= 0.3 is 5.97 Å². The molecule has 22 heavy (non-hydrogen) atoms. The number of nitro groups is 1. The van der Waals surface area contributed by atoms with Crippen LogP contribution in [0.15, 0.2) is 48.5 Å². The number of carbonyl (C=O) groups is 1. The van der Waals surface area contributed by atoms with Crippen molar-refractivity contribution in [1.82, 2.24) is 0 Å². The summed E-state index contributed by atoms with van der Waals surface area (Å²) in [4.78, 5) is 22.8. The summed E-state index contributed by atoms with van der Waals surface area (Å²) in [6.07, 6.45) is 1.46. The Morgan fingerprint density at radius 2 is 1.73 bits per heavy atom. The van der Waals surface area contributed by atoms with E-state index in [1.807, 2.05) is 12.1 Å². The lowest BCUT2D eigenvalue weighted by molar-refractivity contribution is -0.374. The highest BCUT2D eigenvalue weighted by Crippen LogP contribution is 2.25. The summed E-state index contributed by atoms with van der Waals surface area (Å²) in [5.74, 6) is -0.605. The quantitative estimate of drug-likeness (QED) is 0.253. The number of benzene rings is 2. The second kappa shape index (κ2) is 7.17. The number of esters is 1. The Kier molecular flexibility index (Phi) is 5.26. The minimum Gasteiger partial charge on any atom is -0.465 e. The normalized spacial score (nSPS) is 11.1. The Balaban J connectivity index is 2.62. The van der Waals surface area contributed by atoms with Gasteiger partial charge < -0.3 is 4.74 Å². The molecule has 0 aliphatic carbocycles. The Hall–Kier alpha value is -2.22. The van der Waals surface area contributed by atoms with E-state index in [4.69, 9.17) is 4.74 Å². The minimum absolute atomic E-state index is 0.148. The van der Waals surface area contributed by atoms with Crippen LogP contribution in [0.2, 0.25) is 0 Å². The highest BCUT2D eigenvalue weighted by atomic mass is 127. The van der Waals surface area contributed by atoms with Crippen molar-refractivity contribution in [2.75, 3.05) is 7.11 Å². The van der Waals surface area contributed by atoms with Crippen molar-refractivity contribution in [3.05, 3.63) is 78.9 Å². The standard InChI is InChI=1S/C16H12INO4/c1-22-16(19)13-8-4-3-7-12(13)15(18(20)21)10-11-6-2-5-9-14(11)17/h2-10H,1H3. The summed E-state index contributed by atoms with van der Waals surface area (Å²) in [5, 5.41) is 11.5.